The third-order valence-corrected chi connectivity index (χ3v) is 3.75. The zero-order valence-electron chi connectivity index (χ0n) is 13.5. The summed E-state index contributed by atoms with van der Waals surface area (Å²) in [5, 5.41) is 13.2. The van der Waals surface area contributed by atoms with Gasteiger partial charge in [-0.3, -0.25) is 0 Å². The average molecular weight is 370 g/mol. The first-order valence-electron chi connectivity index (χ1n) is 7.41. The van der Waals surface area contributed by atoms with E-state index in [1.54, 1.807) is 12.4 Å². The van der Waals surface area contributed by atoms with Crippen LogP contribution < -0.4 is 5.32 Å². The molecule has 1 unspecified atom stereocenters. The van der Waals surface area contributed by atoms with Gasteiger partial charge >= 0.3 is 0 Å². The van der Waals surface area contributed by atoms with Crippen LogP contribution in [0.1, 0.15) is 31.5 Å². The molecule has 2 aromatic rings. The molecule has 3 N–H and O–H groups in total. The first-order chi connectivity index (χ1) is 10.7. The highest BCUT2D eigenvalue weighted by Gasteiger charge is 2.15. The van der Waals surface area contributed by atoms with Gasteiger partial charge in [0.25, 0.3) is 0 Å². The maximum absolute atomic E-state index is 9.98. The lowest BCUT2D eigenvalue weighted by molar-refractivity contribution is 0.455. The Morgan fingerprint density at radius 3 is 2.92 bits per heavy atom. The minimum atomic E-state index is -0.0232. The van der Waals surface area contributed by atoms with Crippen LogP contribution in [0.3, 0.4) is 0 Å². The smallest absolute Gasteiger partial charge is 0.238 e. The van der Waals surface area contributed by atoms with Gasteiger partial charge in [0.15, 0.2) is 5.82 Å². The van der Waals surface area contributed by atoms with E-state index in [4.69, 9.17) is 0 Å². The number of nitrogens with zero attached hydrogens (tertiary/aromatic N) is 3. The van der Waals surface area contributed by atoms with Gasteiger partial charge in [-0.05, 0) is 24.1 Å². The van der Waals surface area contributed by atoms with Crippen LogP contribution in [-0.4, -0.2) is 32.8 Å². The van der Waals surface area contributed by atoms with Gasteiger partial charge in [0.05, 0.1) is 0 Å². The van der Waals surface area contributed by atoms with Crippen LogP contribution in [0.25, 0.3) is 11.6 Å². The van der Waals surface area contributed by atoms with Crippen molar-refractivity contribution in [1.29, 1.82) is 0 Å². The van der Waals surface area contributed by atoms with E-state index in [1.165, 1.54) is 0 Å². The summed E-state index contributed by atoms with van der Waals surface area (Å²) in [4.78, 5) is 15.6. The number of rotatable bonds is 5. The Bertz CT molecular complexity index is 742. The molecule has 1 aliphatic heterocycles. The molecule has 0 spiro atoms. The fraction of sp³-hybridized carbons (Fsp3) is 0.312. The second-order valence-corrected chi connectivity index (χ2v) is 5.45. The third-order valence-electron chi connectivity index (χ3n) is 3.75. The normalized spacial score (nSPS) is 14.7. The van der Waals surface area contributed by atoms with Crippen molar-refractivity contribution < 1.29 is 5.11 Å². The van der Waals surface area contributed by atoms with Crippen molar-refractivity contribution >= 4 is 54.4 Å². The summed E-state index contributed by atoms with van der Waals surface area (Å²) in [5.41, 5.74) is 2.41. The van der Waals surface area contributed by atoms with E-state index in [0.29, 0.717) is 23.4 Å². The number of H-pyrrole nitrogens is 1. The van der Waals surface area contributed by atoms with Crippen molar-refractivity contribution in [2.45, 2.75) is 20.3 Å². The molecule has 6 nitrogen and oxygen atoms in total. The molecule has 0 aromatic carbocycles. The summed E-state index contributed by atoms with van der Waals surface area (Å²) in [7, 11) is 0. The molecule has 3 rings (SSSR count). The van der Waals surface area contributed by atoms with E-state index >= 15 is 0 Å². The van der Waals surface area contributed by atoms with Crippen LogP contribution in [0.2, 0.25) is 0 Å². The summed E-state index contributed by atoms with van der Waals surface area (Å²) >= 11 is 0. The predicted molar refractivity (Wildman–Crippen MR) is 103 cm³/mol. The van der Waals surface area contributed by atoms with Gasteiger partial charge in [-0.1, -0.05) is 20.3 Å². The Kier molecular flexibility index (Phi) is 7.25. The van der Waals surface area contributed by atoms with Crippen LogP contribution >= 0.6 is 24.8 Å². The number of anilines is 1. The number of aromatic amines is 1. The number of nitrogens with one attached hydrogen (secondary N) is 2. The van der Waals surface area contributed by atoms with Crippen molar-refractivity contribution in [2.24, 2.45) is 10.9 Å². The number of imidazole rings is 1. The molecule has 8 heteroatoms. The van der Waals surface area contributed by atoms with Crippen LogP contribution in [0.15, 0.2) is 23.3 Å². The molecular formula is C16H21Cl2N5O. The fourth-order valence-electron chi connectivity index (χ4n) is 2.17. The van der Waals surface area contributed by atoms with E-state index in [0.717, 1.165) is 24.1 Å². The number of hydrogen-bond donors (Lipinski definition) is 3. The number of aromatic nitrogens is 3. The van der Waals surface area contributed by atoms with Crippen molar-refractivity contribution in [3.8, 4) is 5.88 Å². The summed E-state index contributed by atoms with van der Waals surface area (Å²) in [5.74, 6) is 1.80. The van der Waals surface area contributed by atoms with E-state index in [2.05, 4.69) is 39.1 Å². The second kappa shape index (κ2) is 8.70. The molecule has 1 aliphatic rings. The Labute approximate surface area is 153 Å². The number of aromatic hydroxyl groups is 1. The number of pyridine rings is 1. The standard InChI is InChI=1S/C16H19N5O.2ClH/c1-3-10(2)8-19-16-20-13(15(22)21-16)7-11-9-18-14-12(11)5-4-6-17-14;;/h4-7,9-10,22H,3,8H2,1-2H3,(H2,19,20,21);2*1H. The number of halogens is 2. The van der Waals surface area contributed by atoms with E-state index in [1.807, 2.05) is 18.2 Å². The Morgan fingerprint density at radius 2 is 2.17 bits per heavy atom. The fourth-order valence-corrected chi connectivity index (χ4v) is 2.17. The molecular weight excluding hydrogens is 349 g/mol. The highest BCUT2D eigenvalue weighted by Crippen LogP contribution is 2.31. The highest BCUT2D eigenvalue weighted by molar-refractivity contribution is 6.20. The number of allylic oxidation sites excluding steroid dienone is 1. The van der Waals surface area contributed by atoms with Gasteiger partial charge in [-0.25, -0.2) is 9.98 Å². The molecule has 2 aromatic heterocycles. The van der Waals surface area contributed by atoms with Crippen molar-refractivity contribution in [3.05, 3.63) is 29.6 Å². The lowest BCUT2D eigenvalue weighted by Gasteiger charge is -2.08. The number of fused-ring (bicyclic) bond motifs is 1. The molecule has 24 heavy (non-hydrogen) atoms. The van der Waals surface area contributed by atoms with E-state index in [9.17, 15) is 5.11 Å². The van der Waals surface area contributed by atoms with Gasteiger partial charge < -0.3 is 15.4 Å². The Hall–Kier alpha value is -2.05. The molecule has 0 saturated heterocycles. The summed E-state index contributed by atoms with van der Waals surface area (Å²) < 4.78 is 0. The van der Waals surface area contributed by atoms with Crippen LogP contribution in [0.4, 0.5) is 11.8 Å². The molecule has 0 fully saturated rings. The molecule has 0 bridgehead atoms. The Morgan fingerprint density at radius 1 is 1.38 bits per heavy atom. The predicted octanol–water partition coefficient (Wildman–Crippen LogP) is 4.07. The van der Waals surface area contributed by atoms with Crippen molar-refractivity contribution in [2.75, 3.05) is 11.9 Å². The van der Waals surface area contributed by atoms with Gasteiger partial charge in [-0.15, -0.1) is 24.8 Å². The molecule has 3 heterocycles. The average Bonchev–Trinajstić information content (AvgIpc) is 3.10. The van der Waals surface area contributed by atoms with Crippen LogP contribution in [-0.2, 0) is 0 Å². The maximum Gasteiger partial charge on any atom is 0.238 e. The molecule has 1 atom stereocenters. The minimum Gasteiger partial charge on any atom is -0.492 e. The zero-order chi connectivity index (χ0) is 15.5. The molecule has 0 amide bonds. The van der Waals surface area contributed by atoms with E-state index < -0.39 is 0 Å². The lowest BCUT2D eigenvalue weighted by atomic mass is 10.1. The molecule has 0 saturated carbocycles. The first kappa shape index (κ1) is 20.0. The largest absolute Gasteiger partial charge is 0.492 e. The first-order valence-corrected chi connectivity index (χ1v) is 7.41. The van der Waals surface area contributed by atoms with Crippen molar-refractivity contribution in [3.63, 3.8) is 0 Å². The Balaban J connectivity index is 0.00000144. The third kappa shape index (κ3) is 4.27. The lowest BCUT2D eigenvalue weighted by Crippen LogP contribution is -2.11. The topological polar surface area (TPSA) is 86.2 Å². The number of aliphatic imine (C=N–C) groups is 1. The van der Waals surface area contributed by atoms with Gasteiger partial charge in [0.1, 0.15) is 5.69 Å². The highest BCUT2D eigenvalue weighted by atomic mass is 35.5. The number of hydrogen-bond acceptors (Lipinski definition) is 5. The van der Waals surface area contributed by atoms with Crippen LogP contribution in [0.5, 0.6) is 5.88 Å². The van der Waals surface area contributed by atoms with Crippen molar-refractivity contribution in [1.82, 2.24) is 15.0 Å². The zero-order valence-corrected chi connectivity index (χ0v) is 15.1. The SMILES string of the molecule is CCC(C)CNc1nc(O)c(C=C2C=Nc3ncccc32)[nH]1.Cl.Cl. The summed E-state index contributed by atoms with van der Waals surface area (Å²) in [6.07, 6.45) is 6.37. The van der Waals surface area contributed by atoms with Gasteiger partial charge in [-0.2, -0.15) is 4.98 Å². The maximum atomic E-state index is 9.98. The minimum absolute atomic E-state index is 0. The quantitative estimate of drug-likeness (QED) is 0.741. The van der Waals surface area contributed by atoms with Gasteiger partial charge in [0.2, 0.25) is 11.8 Å². The van der Waals surface area contributed by atoms with Crippen LogP contribution in [0, 0.1) is 5.92 Å². The summed E-state index contributed by atoms with van der Waals surface area (Å²) in [6, 6.07) is 3.82. The molecule has 0 radical (unpaired) electrons. The van der Waals surface area contributed by atoms with Gasteiger partial charge in [0, 0.05) is 30.1 Å². The second-order valence-electron chi connectivity index (χ2n) is 5.45. The molecule has 130 valence electrons. The molecule has 0 aliphatic carbocycles. The van der Waals surface area contributed by atoms with E-state index in [-0.39, 0.29) is 30.7 Å². The summed E-state index contributed by atoms with van der Waals surface area (Å²) in [6.45, 7) is 5.12. The monoisotopic (exact) mass is 369 g/mol.